The molecule has 4 atom stereocenters. The van der Waals surface area contributed by atoms with Crippen molar-refractivity contribution >= 4 is 11.9 Å². The Kier molecular flexibility index (Phi) is 7.11. The van der Waals surface area contributed by atoms with E-state index in [9.17, 15) is 14.7 Å². The van der Waals surface area contributed by atoms with Crippen molar-refractivity contribution < 1.29 is 24.2 Å². The summed E-state index contributed by atoms with van der Waals surface area (Å²) >= 11 is 0. The van der Waals surface area contributed by atoms with Gasteiger partial charge in [-0.2, -0.15) is 0 Å². The molecule has 0 aliphatic heterocycles. The van der Waals surface area contributed by atoms with Gasteiger partial charge >= 0.3 is 5.97 Å². The third-order valence-corrected chi connectivity index (χ3v) is 4.19. The van der Waals surface area contributed by atoms with Gasteiger partial charge in [-0.1, -0.05) is 6.92 Å². The van der Waals surface area contributed by atoms with E-state index in [4.69, 9.17) is 9.47 Å². The van der Waals surface area contributed by atoms with Crippen molar-refractivity contribution in [2.45, 2.75) is 32.7 Å². The first-order valence-corrected chi connectivity index (χ1v) is 7.43. The first-order chi connectivity index (χ1) is 9.92. The zero-order valence-electron chi connectivity index (χ0n) is 13.4. The zero-order valence-corrected chi connectivity index (χ0v) is 13.4. The molecule has 1 N–H and O–H groups in total. The Morgan fingerprint density at radius 2 is 1.86 bits per heavy atom. The average molecular weight is 301 g/mol. The van der Waals surface area contributed by atoms with E-state index in [1.807, 2.05) is 13.8 Å². The summed E-state index contributed by atoms with van der Waals surface area (Å²) in [5.74, 6) is -1.71. The monoisotopic (exact) mass is 301 g/mol. The fourth-order valence-corrected chi connectivity index (χ4v) is 3.12. The Bertz CT molecular complexity index is 360. The summed E-state index contributed by atoms with van der Waals surface area (Å²) in [5, 5.41) is 9.33. The second-order valence-corrected chi connectivity index (χ2v) is 5.96. The van der Waals surface area contributed by atoms with Crippen LogP contribution >= 0.6 is 0 Å². The minimum absolute atomic E-state index is 0.0895. The number of hydrogen-bond donors (Lipinski definition) is 1. The van der Waals surface area contributed by atoms with Crippen LogP contribution in [0.2, 0.25) is 0 Å². The normalized spacial score (nSPS) is 26.6. The SMILES string of the molecule is COCCN(C(=O)C1CC(C)CC1C(=O)O)C(C)COC. The average Bonchev–Trinajstić information content (AvgIpc) is 2.81. The first-order valence-electron chi connectivity index (χ1n) is 7.43. The summed E-state index contributed by atoms with van der Waals surface area (Å²) in [4.78, 5) is 25.9. The number of carbonyl (C=O) groups excluding carboxylic acids is 1. The molecule has 0 bridgehead atoms. The van der Waals surface area contributed by atoms with Crippen LogP contribution in [0.3, 0.4) is 0 Å². The minimum atomic E-state index is -0.871. The summed E-state index contributed by atoms with van der Waals surface area (Å²) in [7, 11) is 3.18. The lowest BCUT2D eigenvalue weighted by Gasteiger charge is -2.32. The molecule has 0 radical (unpaired) electrons. The smallest absolute Gasteiger partial charge is 0.307 e. The standard InChI is InChI=1S/C15H27NO5/c1-10-7-12(13(8-10)15(18)19)14(17)16(5-6-20-3)11(2)9-21-4/h10-13H,5-9H2,1-4H3,(H,18,19). The largest absolute Gasteiger partial charge is 0.481 e. The third kappa shape index (κ3) is 4.68. The summed E-state index contributed by atoms with van der Waals surface area (Å²) in [6.45, 7) is 5.22. The van der Waals surface area contributed by atoms with Gasteiger partial charge in [0.15, 0.2) is 0 Å². The number of carbonyl (C=O) groups is 2. The van der Waals surface area contributed by atoms with E-state index in [0.717, 1.165) is 0 Å². The van der Waals surface area contributed by atoms with Gasteiger partial charge in [-0.15, -0.1) is 0 Å². The Morgan fingerprint density at radius 1 is 1.24 bits per heavy atom. The van der Waals surface area contributed by atoms with Crippen LogP contribution in [-0.2, 0) is 19.1 Å². The molecule has 6 heteroatoms. The van der Waals surface area contributed by atoms with Crippen molar-refractivity contribution in [2.24, 2.45) is 17.8 Å². The van der Waals surface area contributed by atoms with Gasteiger partial charge in [-0.05, 0) is 25.7 Å². The quantitative estimate of drug-likeness (QED) is 0.730. The fraction of sp³-hybridized carbons (Fsp3) is 0.867. The molecule has 122 valence electrons. The Morgan fingerprint density at radius 3 is 2.38 bits per heavy atom. The van der Waals surface area contributed by atoms with Crippen molar-refractivity contribution in [2.75, 3.05) is 34.0 Å². The number of methoxy groups -OCH3 is 2. The predicted octanol–water partition coefficient (Wildman–Crippen LogP) is 1.24. The van der Waals surface area contributed by atoms with E-state index in [2.05, 4.69) is 0 Å². The lowest BCUT2D eigenvalue weighted by atomic mass is 9.94. The van der Waals surface area contributed by atoms with Gasteiger partial charge in [-0.25, -0.2) is 0 Å². The van der Waals surface area contributed by atoms with Gasteiger partial charge < -0.3 is 19.5 Å². The number of nitrogens with zero attached hydrogens (tertiary/aromatic N) is 1. The molecule has 0 spiro atoms. The van der Waals surface area contributed by atoms with Gasteiger partial charge in [0.25, 0.3) is 0 Å². The van der Waals surface area contributed by atoms with Crippen LogP contribution in [-0.4, -0.2) is 61.9 Å². The molecular formula is C15H27NO5. The van der Waals surface area contributed by atoms with Gasteiger partial charge in [0, 0.05) is 20.8 Å². The molecule has 1 aliphatic rings. The van der Waals surface area contributed by atoms with Gasteiger partial charge in [0.1, 0.15) is 0 Å². The zero-order chi connectivity index (χ0) is 16.0. The number of aliphatic carboxylic acids is 1. The number of amides is 1. The number of carboxylic acids is 1. The lowest BCUT2D eigenvalue weighted by Crippen LogP contribution is -2.47. The molecule has 6 nitrogen and oxygen atoms in total. The number of ether oxygens (including phenoxy) is 2. The Hall–Kier alpha value is -1.14. The minimum Gasteiger partial charge on any atom is -0.481 e. The maximum atomic E-state index is 12.8. The van der Waals surface area contributed by atoms with Crippen LogP contribution in [0.5, 0.6) is 0 Å². The highest BCUT2D eigenvalue weighted by Gasteiger charge is 2.43. The molecule has 0 aromatic heterocycles. The highest BCUT2D eigenvalue weighted by atomic mass is 16.5. The Balaban J connectivity index is 2.84. The van der Waals surface area contributed by atoms with Crippen LogP contribution < -0.4 is 0 Å². The van der Waals surface area contributed by atoms with Crippen molar-refractivity contribution in [1.29, 1.82) is 0 Å². The Labute approximate surface area is 126 Å². The summed E-state index contributed by atoms with van der Waals surface area (Å²) in [5.41, 5.74) is 0. The predicted molar refractivity (Wildman–Crippen MR) is 77.9 cm³/mol. The molecule has 0 heterocycles. The number of carboxylic acid groups (broad SMARTS) is 1. The van der Waals surface area contributed by atoms with Crippen LogP contribution in [0.4, 0.5) is 0 Å². The summed E-state index contributed by atoms with van der Waals surface area (Å²) in [6.07, 6.45) is 1.21. The van der Waals surface area contributed by atoms with Crippen molar-refractivity contribution in [3.8, 4) is 0 Å². The molecular weight excluding hydrogens is 274 g/mol. The van der Waals surface area contributed by atoms with Crippen molar-refractivity contribution in [3.05, 3.63) is 0 Å². The van der Waals surface area contributed by atoms with E-state index < -0.39 is 17.8 Å². The molecule has 21 heavy (non-hydrogen) atoms. The second-order valence-electron chi connectivity index (χ2n) is 5.96. The highest BCUT2D eigenvalue weighted by Crippen LogP contribution is 2.37. The molecule has 1 aliphatic carbocycles. The molecule has 0 aromatic rings. The van der Waals surface area contributed by atoms with Gasteiger partial charge in [0.2, 0.25) is 5.91 Å². The van der Waals surface area contributed by atoms with Gasteiger partial charge in [0.05, 0.1) is 31.1 Å². The second kappa shape index (κ2) is 8.34. The molecule has 1 amide bonds. The number of rotatable bonds is 8. The van der Waals surface area contributed by atoms with Crippen molar-refractivity contribution in [3.63, 3.8) is 0 Å². The third-order valence-electron chi connectivity index (χ3n) is 4.19. The molecule has 1 fully saturated rings. The van der Waals surface area contributed by atoms with E-state index in [1.54, 1.807) is 19.1 Å². The van der Waals surface area contributed by atoms with Crippen LogP contribution in [0.15, 0.2) is 0 Å². The van der Waals surface area contributed by atoms with Crippen LogP contribution in [0.1, 0.15) is 26.7 Å². The van der Waals surface area contributed by atoms with E-state index in [1.165, 1.54) is 0 Å². The van der Waals surface area contributed by atoms with Crippen LogP contribution in [0.25, 0.3) is 0 Å². The first kappa shape index (κ1) is 17.9. The molecule has 1 saturated carbocycles. The summed E-state index contributed by atoms with van der Waals surface area (Å²) < 4.78 is 10.2. The van der Waals surface area contributed by atoms with Crippen LogP contribution in [0, 0.1) is 17.8 Å². The van der Waals surface area contributed by atoms with Gasteiger partial charge in [-0.3, -0.25) is 9.59 Å². The van der Waals surface area contributed by atoms with E-state index >= 15 is 0 Å². The van der Waals surface area contributed by atoms with E-state index in [0.29, 0.717) is 32.6 Å². The molecule has 0 saturated heterocycles. The topological polar surface area (TPSA) is 76.1 Å². The van der Waals surface area contributed by atoms with E-state index in [-0.39, 0.29) is 17.9 Å². The lowest BCUT2D eigenvalue weighted by molar-refractivity contribution is -0.150. The fourth-order valence-electron chi connectivity index (χ4n) is 3.12. The maximum absolute atomic E-state index is 12.8. The summed E-state index contributed by atoms with van der Waals surface area (Å²) in [6, 6.07) is -0.0944. The molecule has 1 rings (SSSR count). The maximum Gasteiger partial charge on any atom is 0.307 e. The van der Waals surface area contributed by atoms with Crippen molar-refractivity contribution in [1.82, 2.24) is 4.90 Å². The molecule has 4 unspecified atom stereocenters. The number of hydrogen-bond acceptors (Lipinski definition) is 4. The molecule has 0 aromatic carbocycles. The highest BCUT2D eigenvalue weighted by molar-refractivity contribution is 5.85.